The van der Waals surface area contributed by atoms with E-state index in [0.717, 1.165) is 55.5 Å². The van der Waals surface area contributed by atoms with Crippen LogP contribution in [0.4, 0.5) is 0 Å². The molecule has 2 heterocycles. The number of furan rings is 1. The van der Waals surface area contributed by atoms with E-state index in [1.165, 1.54) is 16.5 Å². The van der Waals surface area contributed by atoms with Gasteiger partial charge in [0.25, 0.3) is 0 Å². The summed E-state index contributed by atoms with van der Waals surface area (Å²) in [6.07, 6.45) is 4.13. The Kier molecular flexibility index (Phi) is 4.53. The van der Waals surface area contributed by atoms with E-state index in [1.807, 2.05) is 18.2 Å². The number of likely N-dealkylation sites (tertiary alicyclic amines) is 1. The Hall–Kier alpha value is -2.43. The van der Waals surface area contributed by atoms with Gasteiger partial charge in [-0.15, -0.1) is 0 Å². The van der Waals surface area contributed by atoms with E-state index >= 15 is 0 Å². The fourth-order valence-electron chi connectivity index (χ4n) is 4.91. The normalized spacial score (nSPS) is 19.4. The molecule has 0 spiro atoms. The molecular weight excluding hydrogens is 350 g/mol. The standard InChI is InChI=1S/C24H25NO3/c26-15-20-10-9-19(28-20)14-25-12-2-4-18(13-25)24(27)22-11-8-17-7-6-16-3-1-5-21(22)23(16)17/h1,3,5,8-11,18,26H,2,4,6-7,12-15H2. The highest BCUT2D eigenvalue weighted by Gasteiger charge is 2.29. The lowest BCUT2D eigenvalue weighted by Gasteiger charge is -2.31. The third kappa shape index (κ3) is 3.07. The second-order valence-corrected chi connectivity index (χ2v) is 8.08. The van der Waals surface area contributed by atoms with Crippen LogP contribution in [0.5, 0.6) is 0 Å². The zero-order valence-corrected chi connectivity index (χ0v) is 16.0. The number of nitrogens with zero attached hydrogens (tertiary/aromatic N) is 1. The predicted molar refractivity (Wildman–Crippen MR) is 108 cm³/mol. The lowest BCUT2D eigenvalue weighted by atomic mass is 9.87. The van der Waals surface area contributed by atoms with Crippen LogP contribution in [0.15, 0.2) is 46.9 Å². The van der Waals surface area contributed by atoms with Gasteiger partial charge in [-0.1, -0.05) is 30.3 Å². The van der Waals surface area contributed by atoms with Crippen LogP contribution in [0.1, 0.15) is 45.8 Å². The molecule has 3 aromatic rings. The molecule has 1 fully saturated rings. The lowest BCUT2D eigenvalue weighted by molar-refractivity contribution is 0.0803. The van der Waals surface area contributed by atoms with E-state index in [-0.39, 0.29) is 18.3 Å². The summed E-state index contributed by atoms with van der Waals surface area (Å²) >= 11 is 0. The number of hydrogen-bond donors (Lipinski definition) is 1. The molecule has 0 saturated carbocycles. The highest BCUT2D eigenvalue weighted by atomic mass is 16.4. The minimum absolute atomic E-state index is 0.0273. The molecule has 1 aromatic heterocycles. The summed E-state index contributed by atoms with van der Waals surface area (Å²) in [6.45, 7) is 2.35. The molecule has 1 aliphatic carbocycles. The molecule has 0 bridgehead atoms. The molecular formula is C24H25NO3. The highest BCUT2D eigenvalue weighted by molar-refractivity contribution is 6.11. The van der Waals surface area contributed by atoms with Gasteiger partial charge in [-0.3, -0.25) is 9.69 Å². The number of carbonyl (C=O) groups excluding carboxylic acids is 1. The smallest absolute Gasteiger partial charge is 0.167 e. The number of carbonyl (C=O) groups is 1. The molecule has 1 unspecified atom stereocenters. The van der Waals surface area contributed by atoms with Gasteiger partial charge in [0, 0.05) is 18.0 Å². The molecule has 2 aliphatic rings. The summed E-state index contributed by atoms with van der Waals surface area (Å²) in [4.78, 5) is 15.7. The van der Waals surface area contributed by atoms with Gasteiger partial charge in [-0.25, -0.2) is 0 Å². The van der Waals surface area contributed by atoms with Gasteiger partial charge in [-0.05, 0) is 66.3 Å². The van der Waals surface area contributed by atoms with Crippen molar-refractivity contribution in [3.05, 3.63) is 70.7 Å². The number of rotatable bonds is 5. The largest absolute Gasteiger partial charge is 0.462 e. The van der Waals surface area contributed by atoms with E-state index in [9.17, 15) is 9.90 Å². The zero-order chi connectivity index (χ0) is 19.1. The molecule has 28 heavy (non-hydrogen) atoms. The van der Waals surface area contributed by atoms with Crippen molar-refractivity contribution in [1.82, 2.24) is 4.90 Å². The maximum absolute atomic E-state index is 13.4. The van der Waals surface area contributed by atoms with Crippen LogP contribution in [-0.2, 0) is 26.0 Å². The monoisotopic (exact) mass is 375 g/mol. The van der Waals surface area contributed by atoms with Crippen LogP contribution in [0.2, 0.25) is 0 Å². The number of Topliss-reactive ketones (excluding diaryl/α,β-unsaturated/α-hetero) is 1. The zero-order valence-electron chi connectivity index (χ0n) is 16.0. The molecule has 4 nitrogen and oxygen atoms in total. The van der Waals surface area contributed by atoms with Gasteiger partial charge in [0.05, 0.1) is 6.54 Å². The van der Waals surface area contributed by atoms with Crippen LogP contribution in [0.3, 0.4) is 0 Å². The number of piperidine rings is 1. The van der Waals surface area contributed by atoms with Crippen molar-refractivity contribution >= 4 is 16.6 Å². The molecule has 0 radical (unpaired) electrons. The molecule has 144 valence electrons. The Labute approximate surface area is 164 Å². The number of hydrogen-bond acceptors (Lipinski definition) is 4. The molecule has 1 aliphatic heterocycles. The number of ketones is 1. The van der Waals surface area contributed by atoms with Crippen molar-refractivity contribution in [2.24, 2.45) is 5.92 Å². The topological polar surface area (TPSA) is 53.7 Å². The van der Waals surface area contributed by atoms with Gasteiger partial charge in [0.1, 0.15) is 18.1 Å². The van der Waals surface area contributed by atoms with Crippen molar-refractivity contribution in [3.8, 4) is 0 Å². The number of aliphatic hydroxyl groups excluding tert-OH is 1. The summed E-state index contributed by atoms with van der Waals surface area (Å²) < 4.78 is 5.63. The SMILES string of the molecule is O=C(c1ccc2c3c(cccc13)CC2)C1CCCN(Cc2ccc(CO)o2)C1. The van der Waals surface area contributed by atoms with Crippen molar-refractivity contribution < 1.29 is 14.3 Å². The summed E-state index contributed by atoms with van der Waals surface area (Å²) in [7, 11) is 0. The van der Waals surface area contributed by atoms with Crippen molar-refractivity contribution in [2.45, 2.75) is 38.8 Å². The van der Waals surface area contributed by atoms with E-state index in [1.54, 1.807) is 0 Å². The second-order valence-electron chi connectivity index (χ2n) is 8.08. The summed E-state index contributed by atoms with van der Waals surface area (Å²) in [6, 6.07) is 14.3. The van der Waals surface area contributed by atoms with Gasteiger partial charge in [-0.2, -0.15) is 0 Å². The first-order valence-electron chi connectivity index (χ1n) is 10.2. The first kappa shape index (κ1) is 17.7. The average molecular weight is 375 g/mol. The van der Waals surface area contributed by atoms with Crippen molar-refractivity contribution in [1.29, 1.82) is 0 Å². The Bertz CT molecular complexity index is 1030. The van der Waals surface area contributed by atoms with Crippen molar-refractivity contribution in [2.75, 3.05) is 13.1 Å². The van der Waals surface area contributed by atoms with Crippen molar-refractivity contribution in [3.63, 3.8) is 0 Å². The Balaban J connectivity index is 1.37. The Morgan fingerprint density at radius 2 is 1.89 bits per heavy atom. The second kappa shape index (κ2) is 7.19. The predicted octanol–water partition coefficient (Wildman–Crippen LogP) is 4.12. The first-order chi connectivity index (χ1) is 13.7. The quantitative estimate of drug-likeness (QED) is 0.682. The molecule has 1 saturated heterocycles. The average Bonchev–Trinajstić information content (AvgIpc) is 3.36. The molecule has 1 N–H and O–H groups in total. The van der Waals surface area contributed by atoms with Crippen LogP contribution < -0.4 is 0 Å². The molecule has 2 aromatic carbocycles. The van der Waals surface area contributed by atoms with Gasteiger partial charge < -0.3 is 9.52 Å². The van der Waals surface area contributed by atoms with Gasteiger partial charge >= 0.3 is 0 Å². The fraction of sp³-hybridized carbons (Fsp3) is 0.375. The molecule has 4 heteroatoms. The summed E-state index contributed by atoms with van der Waals surface area (Å²) in [5, 5.41) is 11.6. The Morgan fingerprint density at radius 1 is 1.07 bits per heavy atom. The summed E-state index contributed by atoms with van der Waals surface area (Å²) in [5.74, 6) is 1.74. The highest BCUT2D eigenvalue weighted by Crippen LogP contribution is 2.34. The molecule has 0 amide bonds. The number of aryl methyl sites for hydroxylation is 2. The third-order valence-electron chi connectivity index (χ3n) is 6.27. The molecule has 1 atom stereocenters. The number of benzene rings is 2. The third-order valence-corrected chi connectivity index (χ3v) is 6.27. The first-order valence-corrected chi connectivity index (χ1v) is 10.2. The van der Waals surface area contributed by atoms with E-state index in [2.05, 4.69) is 29.2 Å². The van der Waals surface area contributed by atoms with Crippen LogP contribution in [-0.4, -0.2) is 28.9 Å². The van der Waals surface area contributed by atoms with E-state index < -0.39 is 0 Å². The maximum Gasteiger partial charge on any atom is 0.167 e. The van der Waals surface area contributed by atoms with Crippen LogP contribution in [0, 0.1) is 5.92 Å². The molecule has 5 rings (SSSR count). The van der Waals surface area contributed by atoms with E-state index in [4.69, 9.17) is 4.42 Å². The summed E-state index contributed by atoms with van der Waals surface area (Å²) in [5.41, 5.74) is 3.64. The Morgan fingerprint density at radius 3 is 2.71 bits per heavy atom. The minimum Gasteiger partial charge on any atom is -0.462 e. The van der Waals surface area contributed by atoms with Gasteiger partial charge in [0.15, 0.2) is 5.78 Å². The minimum atomic E-state index is -0.0772. The lowest BCUT2D eigenvalue weighted by Crippen LogP contribution is -2.38. The van der Waals surface area contributed by atoms with E-state index in [0.29, 0.717) is 12.3 Å². The van der Waals surface area contributed by atoms with Crippen LogP contribution >= 0.6 is 0 Å². The fourth-order valence-corrected chi connectivity index (χ4v) is 4.91. The van der Waals surface area contributed by atoms with Crippen LogP contribution in [0.25, 0.3) is 10.8 Å². The van der Waals surface area contributed by atoms with Gasteiger partial charge in [0.2, 0.25) is 0 Å². The maximum atomic E-state index is 13.4. The number of aliphatic hydroxyl groups is 1.